The van der Waals surface area contributed by atoms with E-state index in [0.717, 1.165) is 48.7 Å². The zero-order valence-corrected chi connectivity index (χ0v) is 24.2. The van der Waals surface area contributed by atoms with Crippen LogP contribution in [-0.2, 0) is 37.9 Å². The lowest BCUT2D eigenvalue weighted by Gasteiger charge is -2.20. The van der Waals surface area contributed by atoms with E-state index < -0.39 is 40.8 Å². The Morgan fingerprint density at radius 3 is 2.17 bits per heavy atom. The van der Waals surface area contributed by atoms with Crippen LogP contribution in [0.3, 0.4) is 0 Å². The van der Waals surface area contributed by atoms with E-state index in [1.54, 1.807) is 0 Å². The molecule has 0 bridgehead atoms. The van der Waals surface area contributed by atoms with E-state index in [1.807, 2.05) is 30.3 Å². The quantitative estimate of drug-likeness (QED) is 0.150. The molecule has 0 fully saturated rings. The van der Waals surface area contributed by atoms with E-state index in [9.17, 15) is 26.6 Å². The Morgan fingerprint density at radius 1 is 0.925 bits per heavy atom. The predicted molar refractivity (Wildman–Crippen MR) is 149 cm³/mol. The summed E-state index contributed by atoms with van der Waals surface area (Å²) in [5.74, 6) is -0.645. The second-order valence-corrected chi connectivity index (χ2v) is 13.1. The fraction of sp³-hybridized carbons (Fsp3) is 0.269. The van der Waals surface area contributed by atoms with Crippen molar-refractivity contribution < 1.29 is 36.3 Å². The van der Waals surface area contributed by atoms with Crippen LogP contribution in [0.4, 0.5) is 8.78 Å². The zero-order valence-electron chi connectivity index (χ0n) is 20.9. The van der Waals surface area contributed by atoms with Gasteiger partial charge in [0.05, 0.1) is 14.9 Å². The molecule has 0 radical (unpaired) electrons. The average molecular weight is 635 g/mol. The van der Waals surface area contributed by atoms with Crippen molar-refractivity contribution >= 4 is 46.7 Å². The number of sulfonamides is 1. The summed E-state index contributed by atoms with van der Waals surface area (Å²) in [5.41, 5.74) is -3.90. The number of halogens is 4. The van der Waals surface area contributed by atoms with Gasteiger partial charge in [-0.15, -0.1) is 0 Å². The van der Waals surface area contributed by atoms with Crippen LogP contribution in [0.1, 0.15) is 29.5 Å². The molecule has 40 heavy (non-hydrogen) atoms. The Hall–Kier alpha value is -2.37. The maximum atomic E-state index is 14.0. The third kappa shape index (κ3) is 8.57. The molecule has 0 aromatic heterocycles. The number of nitrogens with one attached hydrogen (secondary N) is 2. The molecule has 3 aromatic carbocycles. The number of carbonyl (C=O) groups is 1. The molecule has 0 aliphatic carbocycles. The summed E-state index contributed by atoms with van der Waals surface area (Å²) in [7, 11) is -10.0. The Labute approximate surface area is 240 Å². The molecule has 14 heteroatoms. The third-order valence-corrected chi connectivity index (χ3v) is 9.15. The minimum absolute atomic E-state index is 0.00877. The van der Waals surface area contributed by atoms with Crippen LogP contribution in [0.2, 0.25) is 10.0 Å². The number of carbonyl (C=O) groups excluding carboxylic acids is 1. The summed E-state index contributed by atoms with van der Waals surface area (Å²) in [6.07, 6.45) is 1.96. The van der Waals surface area contributed by atoms with Gasteiger partial charge < -0.3 is 15.1 Å². The van der Waals surface area contributed by atoms with E-state index >= 15 is 0 Å². The highest BCUT2D eigenvalue weighted by Crippen LogP contribution is 2.59. The van der Waals surface area contributed by atoms with E-state index in [-0.39, 0.29) is 33.5 Å². The largest absolute Gasteiger partial charge is 0.399 e. The van der Waals surface area contributed by atoms with Gasteiger partial charge in [-0.2, -0.15) is 13.5 Å². The van der Waals surface area contributed by atoms with E-state index in [4.69, 9.17) is 33.0 Å². The minimum Gasteiger partial charge on any atom is -0.355 e. The Kier molecular flexibility index (Phi) is 10.9. The van der Waals surface area contributed by atoms with Gasteiger partial charge >= 0.3 is 13.3 Å². The standard InChI is InChI=1S/C26H27Cl2F2N2O6PS/c27-22-14-13-21(17-23(22)28)40(37,38)32-24(25(33)31-15-5-4-8-18-6-2-1-3-7-18)16-19-9-11-20(12-10-19)26(29,30)39(34,35)36/h1-3,6-7,9-14,17,24,32H,4-5,8,15-16H2,(H,31,33)(H2,34,35,36). The van der Waals surface area contributed by atoms with Gasteiger partial charge in [-0.05, 0) is 55.0 Å². The van der Waals surface area contributed by atoms with Crippen LogP contribution in [0.15, 0.2) is 77.7 Å². The molecule has 3 rings (SSSR count). The molecule has 4 N–H and O–H groups in total. The second kappa shape index (κ2) is 13.5. The van der Waals surface area contributed by atoms with Gasteiger partial charge in [0.1, 0.15) is 6.04 Å². The smallest absolute Gasteiger partial charge is 0.355 e. The SMILES string of the molecule is O=C(NCCCCc1ccccc1)C(Cc1ccc(C(F)(F)P(=O)(O)O)cc1)NS(=O)(=O)c1ccc(Cl)c(Cl)c1. The number of unbranched alkanes of at least 4 members (excludes halogenated alkanes) is 1. The summed E-state index contributed by atoms with van der Waals surface area (Å²) in [6, 6.07) is 16.0. The van der Waals surface area contributed by atoms with Crippen molar-refractivity contribution in [3.05, 3.63) is 99.5 Å². The Morgan fingerprint density at radius 2 is 1.57 bits per heavy atom. The molecule has 3 aromatic rings. The molecule has 1 amide bonds. The minimum atomic E-state index is -5.77. The summed E-state index contributed by atoms with van der Waals surface area (Å²) in [5, 5.41) is 2.83. The maximum absolute atomic E-state index is 14.0. The molecule has 0 aliphatic rings. The van der Waals surface area contributed by atoms with Crippen LogP contribution in [0, 0.1) is 0 Å². The fourth-order valence-electron chi connectivity index (χ4n) is 3.77. The number of benzene rings is 3. The first-order valence-corrected chi connectivity index (χ1v) is 15.9. The lowest BCUT2D eigenvalue weighted by atomic mass is 10.0. The number of hydrogen-bond donors (Lipinski definition) is 4. The third-order valence-electron chi connectivity index (χ3n) is 5.96. The van der Waals surface area contributed by atoms with Gasteiger partial charge in [-0.1, -0.05) is 77.8 Å². The molecular weight excluding hydrogens is 608 g/mol. The average Bonchev–Trinajstić information content (AvgIpc) is 2.89. The van der Waals surface area contributed by atoms with Crippen molar-refractivity contribution in [3.63, 3.8) is 0 Å². The Bertz CT molecular complexity index is 1470. The number of alkyl halides is 2. The monoisotopic (exact) mass is 634 g/mol. The first-order chi connectivity index (χ1) is 18.7. The molecule has 8 nitrogen and oxygen atoms in total. The van der Waals surface area contributed by atoms with Crippen LogP contribution in [-0.4, -0.2) is 36.7 Å². The zero-order chi connectivity index (χ0) is 29.6. The van der Waals surface area contributed by atoms with Crippen LogP contribution in [0.25, 0.3) is 0 Å². The van der Waals surface area contributed by atoms with Crippen molar-refractivity contribution in [1.82, 2.24) is 10.0 Å². The predicted octanol–water partition coefficient (Wildman–Crippen LogP) is 5.25. The van der Waals surface area contributed by atoms with Crippen molar-refractivity contribution in [1.29, 1.82) is 0 Å². The highest BCUT2D eigenvalue weighted by Gasteiger charge is 2.50. The molecule has 1 atom stereocenters. The highest BCUT2D eigenvalue weighted by atomic mass is 35.5. The molecule has 0 saturated heterocycles. The van der Waals surface area contributed by atoms with Gasteiger partial charge in [-0.3, -0.25) is 9.36 Å². The molecule has 1 unspecified atom stereocenters. The van der Waals surface area contributed by atoms with Gasteiger partial charge in [0.25, 0.3) is 0 Å². The lowest BCUT2D eigenvalue weighted by Crippen LogP contribution is -2.48. The molecular formula is C26H27Cl2F2N2O6PS. The first-order valence-electron chi connectivity index (χ1n) is 12.0. The molecule has 0 spiro atoms. The lowest BCUT2D eigenvalue weighted by molar-refractivity contribution is -0.122. The van der Waals surface area contributed by atoms with Gasteiger partial charge in [0.15, 0.2) is 0 Å². The number of aryl methyl sites for hydroxylation is 1. The van der Waals surface area contributed by atoms with E-state index in [0.29, 0.717) is 6.42 Å². The number of hydrogen-bond acceptors (Lipinski definition) is 4. The molecule has 0 saturated carbocycles. The topological polar surface area (TPSA) is 133 Å². The summed E-state index contributed by atoms with van der Waals surface area (Å²) in [6.45, 7) is 0.268. The van der Waals surface area contributed by atoms with Gasteiger partial charge in [0.2, 0.25) is 15.9 Å². The highest BCUT2D eigenvalue weighted by molar-refractivity contribution is 7.89. The first kappa shape index (κ1) is 32.1. The van der Waals surface area contributed by atoms with Gasteiger partial charge in [0, 0.05) is 12.1 Å². The molecule has 216 valence electrons. The van der Waals surface area contributed by atoms with Crippen molar-refractivity contribution in [2.75, 3.05) is 6.54 Å². The van der Waals surface area contributed by atoms with Crippen molar-refractivity contribution in [2.24, 2.45) is 0 Å². The summed E-state index contributed by atoms with van der Waals surface area (Å²) in [4.78, 5) is 30.7. The Balaban J connectivity index is 1.75. The second-order valence-electron chi connectivity index (χ2n) is 8.97. The van der Waals surface area contributed by atoms with Crippen LogP contribution < -0.4 is 10.0 Å². The summed E-state index contributed by atoms with van der Waals surface area (Å²) < 4.78 is 67.7. The van der Waals surface area contributed by atoms with Crippen LogP contribution >= 0.6 is 30.8 Å². The van der Waals surface area contributed by atoms with Crippen LogP contribution in [0.5, 0.6) is 0 Å². The number of rotatable bonds is 13. The van der Waals surface area contributed by atoms with Gasteiger partial charge in [-0.25, -0.2) is 8.42 Å². The fourth-order valence-corrected chi connectivity index (χ4v) is 5.84. The van der Waals surface area contributed by atoms with E-state index in [2.05, 4.69) is 10.0 Å². The van der Waals surface area contributed by atoms with Crippen molar-refractivity contribution in [3.8, 4) is 0 Å². The molecule has 0 aliphatic heterocycles. The number of amides is 1. The molecule has 0 heterocycles. The summed E-state index contributed by atoms with van der Waals surface area (Å²) >= 11 is 11.8. The van der Waals surface area contributed by atoms with Crippen molar-refractivity contribution in [2.45, 2.75) is 42.3 Å². The normalized spacial score (nSPS) is 13.2. The maximum Gasteiger partial charge on any atom is 0.399 e. The van der Waals surface area contributed by atoms with E-state index in [1.165, 1.54) is 12.1 Å².